The molecule has 0 aromatic heterocycles. The third-order valence-electron chi connectivity index (χ3n) is 3.72. The van der Waals surface area contributed by atoms with Crippen LogP contribution in [-0.2, 0) is 14.4 Å². The highest BCUT2D eigenvalue weighted by atomic mass is 35.5. The van der Waals surface area contributed by atoms with E-state index in [1.807, 2.05) is 0 Å². The van der Waals surface area contributed by atoms with Gasteiger partial charge in [-0.05, 0) is 48.1 Å². The number of nitrogens with one attached hydrogen (secondary N) is 3. The van der Waals surface area contributed by atoms with Crippen molar-refractivity contribution in [2.75, 3.05) is 11.9 Å². The fourth-order valence-corrected chi connectivity index (χ4v) is 2.82. The molecule has 1 fully saturated rings. The van der Waals surface area contributed by atoms with Gasteiger partial charge in [0, 0.05) is 0 Å². The van der Waals surface area contributed by atoms with Gasteiger partial charge in [0.15, 0.2) is 11.7 Å². The fraction of sp³-hybridized carbons (Fsp3) is 0.0526. The molecule has 3 N–H and O–H groups in total. The number of carbonyl (C=O) groups excluding carboxylic acids is 3. The van der Waals surface area contributed by atoms with Crippen molar-refractivity contribution in [3.8, 4) is 5.75 Å². The summed E-state index contributed by atoms with van der Waals surface area (Å²) in [6, 6.07) is 10.2. The molecule has 3 amide bonds. The quantitative estimate of drug-likeness (QED) is 0.382. The molecule has 0 spiro atoms. The molecule has 3 rings (SSSR count). The normalized spacial score (nSPS) is 13.4. The number of carbonyl (C=O) groups is 3. The molecule has 1 aliphatic heterocycles. The van der Waals surface area contributed by atoms with Crippen LogP contribution in [0.4, 0.5) is 10.1 Å². The monoisotopic (exact) mass is 433 g/mol. The number of thiocarbonyl (C=S) groups is 1. The second-order valence-corrected chi connectivity index (χ2v) is 6.62. The van der Waals surface area contributed by atoms with Crippen molar-refractivity contribution in [3.63, 3.8) is 0 Å². The molecule has 1 aliphatic rings. The lowest BCUT2D eigenvalue weighted by molar-refractivity contribution is -0.123. The Morgan fingerprint density at radius 2 is 1.86 bits per heavy atom. The lowest BCUT2D eigenvalue weighted by Crippen LogP contribution is -2.51. The first-order valence-electron chi connectivity index (χ1n) is 8.18. The zero-order valence-electron chi connectivity index (χ0n) is 14.6. The van der Waals surface area contributed by atoms with E-state index in [0.717, 1.165) is 0 Å². The SMILES string of the molecule is O=C(COc1ccc(C=C2C(=O)NC(=S)NC2=O)cc1Cl)Nc1ccccc1F. The molecule has 7 nitrogen and oxygen atoms in total. The molecule has 148 valence electrons. The van der Waals surface area contributed by atoms with Crippen LogP contribution in [0.3, 0.4) is 0 Å². The van der Waals surface area contributed by atoms with Crippen LogP contribution < -0.4 is 20.7 Å². The first-order chi connectivity index (χ1) is 13.8. The summed E-state index contributed by atoms with van der Waals surface area (Å²) in [5, 5.41) is 7.14. The smallest absolute Gasteiger partial charge is 0.263 e. The van der Waals surface area contributed by atoms with Crippen LogP contribution in [0.15, 0.2) is 48.0 Å². The Hall–Kier alpha value is -3.30. The molecule has 0 aliphatic carbocycles. The molecule has 0 unspecified atom stereocenters. The molecular weight excluding hydrogens is 421 g/mol. The average molecular weight is 434 g/mol. The van der Waals surface area contributed by atoms with Crippen molar-refractivity contribution in [2.45, 2.75) is 0 Å². The Bertz CT molecular complexity index is 1040. The number of anilines is 1. The van der Waals surface area contributed by atoms with Gasteiger partial charge in [0.25, 0.3) is 17.7 Å². The summed E-state index contributed by atoms with van der Waals surface area (Å²) in [5.74, 6) is -2.17. The zero-order chi connectivity index (χ0) is 21.0. The van der Waals surface area contributed by atoms with Crippen molar-refractivity contribution in [1.82, 2.24) is 10.6 Å². The number of halogens is 2. The fourth-order valence-electron chi connectivity index (χ4n) is 2.39. The summed E-state index contributed by atoms with van der Waals surface area (Å²) in [6.07, 6.45) is 1.34. The van der Waals surface area contributed by atoms with Crippen molar-refractivity contribution >= 4 is 58.4 Å². The predicted octanol–water partition coefficient (Wildman–Crippen LogP) is 2.41. The summed E-state index contributed by atoms with van der Waals surface area (Å²) in [7, 11) is 0. The standard InChI is InChI=1S/C19H13ClFN3O4S/c20-12-8-10(7-11-17(26)23-19(29)24-18(11)27)5-6-15(12)28-9-16(25)22-14-4-2-1-3-13(14)21/h1-8H,9H2,(H,22,25)(H2,23,24,26,27,29). The Labute approximate surface area is 174 Å². The van der Waals surface area contributed by atoms with Gasteiger partial charge in [0.05, 0.1) is 10.7 Å². The van der Waals surface area contributed by atoms with Gasteiger partial charge < -0.3 is 10.1 Å². The van der Waals surface area contributed by atoms with E-state index >= 15 is 0 Å². The van der Waals surface area contributed by atoms with Crippen LogP contribution in [0, 0.1) is 5.82 Å². The molecule has 1 heterocycles. The third-order valence-corrected chi connectivity index (χ3v) is 4.22. The average Bonchev–Trinajstić information content (AvgIpc) is 2.66. The Morgan fingerprint density at radius 3 is 2.52 bits per heavy atom. The van der Waals surface area contributed by atoms with E-state index in [2.05, 4.69) is 16.0 Å². The number of benzene rings is 2. The van der Waals surface area contributed by atoms with Gasteiger partial charge in [-0.25, -0.2) is 4.39 Å². The minimum absolute atomic E-state index is 0.0395. The highest BCUT2D eigenvalue weighted by Crippen LogP contribution is 2.26. The molecule has 0 atom stereocenters. The Kier molecular flexibility index (Phi) is 6.20. The highest BCUT2D eigenvalue weighted by molar-refractivity contribution is 7.80. The lowest BCUT2D eigenvalue weighted by Gasteiger charge is -2.16. The predicted molar refractivity (Wildman–Crippen MR) is 109 cm³/mol. The number of ether oxygens (including phenoxy) is 1. The maximum Gasteiger partial charge on any atom is 0.263 e. The van der Waals surface area contributed by atoms with Crippen LogP contribution in [0.5, 0.6) is 5.75 Å². The van der Waals surface area contributed by atoms with Crippen LogP contribution >= 0.6 is 23.8 Å². The van der Waals surface area contributed by atoms with E-state index in [0.29, 0.717) is 5.56 Å². The zero-order valence-corrected chi connectivity index (χ0v) is 16.2. The van der Waals surface area contributed by atoms with Gasteiger partial charge in [-0.15, -0.1) is 0 Å². The maximum atomic E-state index is 13.5. The van der Waals surface area contributed by atoms with Crippen molar-refractivity contribution in [3.05, 3.63) is 64.4 Å². The molecular formula is C19H13ClFN3O4S. The largest absolute Gasteiger partial charge is 0.482 e. The van der Waals surface area contributed by atoms with E-state index in [4.69, 9.17) is 28.6 Å². The second kappa shape index (κ2) is 8.80. The topological polar surface area (TPSA) is 96.5 Å². The number of rotatable bonds is 5. The molecule has 1 saturated heterocycles. The van der Waals surface area contributed by atoms with Gasteiger partial charge in [-0.2, -0.15) is 0 Å². The second-order valence-electron chi connectivity index (χ2n) is 5.80. The summed E-state index contributed by atoms with van der Waals surface area (Å²) in [5.41, 5.74) is 0.372. The molecule has 0 saturated carbocycles. The molecule has 2 aromatic carbocycles. The Balaban J connectivity index is 1.65. The lowest BCUT2D eigenvalue weighted by atomic mass is 10.1. The van der Waals surface area contributed by atoms with Gasteiger partial charge in [0.2, 0.25) is 0 Å². The van der Waals surface area contributed by atoms with E-state index in [-0.39, 0.29) is 27.1 Å². The van der Waals surface area contributed by atoms with Gasteiger partial charge >= 0.3 is 0 Å². The number of hydrogen-bond acceptors (Lipinski definition) is 5. The first kappa shape index (κ1) is 20.4. The van der Waals surface area contributed by atoms with Crippen LogP contribution in [0.2, 0.25) is 5.02 Å². The molecule has 29 heavy (non-hydrogen) atoms. The molecule has 0 bridgehead atoms. The minimum atomic E-state index is -0.625. The summed E-state index contributed by atoms with van der Waals surface area (Å²) in [4.78, 5) is 35.7. The van der Waals surface area contributed by atoms with E-state index in [1.54, 1.807) is 12.1 Å². The van der Waals surface area contributed by atoms with E-state index < -0.39 is 30.1 Å². The number of para-hydroxylation sites is 1. The molecule has 2 aromatic rings. The van der Waals surface area contributed by atoms with Crippen molar-refractivity contribution in [2.24, 2.45) is 0 Å². The Morgan fingerprint density at radius 1 is 1.17 bits per heavy atom. The summed E-state index contributed by atoms with van der Waals surface area (Å²) >= 11 is 10.9. The van der Waals surface area contributed by atoms with Crippen LogP contribution in [0.25, 0.3) is 6.08 Å². The summed E-state index contributed by atoms with van der Waals surface area (Å²) < 4.78 is 18.9. The van der Waals surface area contributed by atoms with Crippen molar-refractivity contribution < 1.29 is 23.5 Å². The van der Waals surface area contributed by atoms with Crippen LogP contribution in [-0.4, -0.2) is 29.4 Å². The molecule has 10 heteroatoms. The molecule has 0 radical (unpaired) electrons. The number of hydrogen-bond donors (Lipinski definition) is 3. The van der Waals surface area contributed by atoms with Gasteiger partial charge in [-0.1, -0.05) is 29.8 Å². The first-order valence-corrected chi connectivity index (χ1v) is 8.97. The maximum absolute atomic E-state index is 13.5. The van der Waals surface area contributed by atoms with Gasteiger partial charge in [0.1, 0.15) is 17.1 Å². The number of amides is 3. The van der Waals surface area contributed by atoms with Crippen LogP contribution in [0.1, 0.15) is 5.56 Å². The van der Waals surface area contributed by atoms with Crippen molar-refractivity contribution in [1.29, 1.82) is 0 Å². The van der Waals surface area contributed by atoms with E-state index in [1.165, 1.54) is 36.4 Å². The minimum Gasteiger partial charge on any atom is -0.482 e. The van der Waals surface area contributed by atoms with Gasteiger partial charge in [-0.3, -0.25) is 25.0 Å². The highest BCUT2D eigenvalue weighted by Gasteiger charge is 2.25. The third kappa shape index (κ3) is 5.15. The van der Waals surface area contributed by atoms with E-state index in [9.17, 15) is 18.8 Å². The summed E-state index contributed by atoms with van der Waals surface area (Å²) in [6.45, 7) is -0.392.